The summed E-state index contributed by atoms with van der Waals surface area (Å²) in [5.74, 6) is -0.729. The number of fused-ring (bicyclic) bond motifs is 1. The molecule has 1 atom stereocenters. The molecule has 0 spiro atoms. The van der Waals surface area contributed by atoms with Crippen molar-refractivity contribution in [3.8, 4) is 6.07 Å². The number of anilines is 2. The van der Waals surface area contributed by atoms with E-state index in [0.29, 0.717) is 38.3 Å². The zero-order valence-corrected chi connectivity index (χ0v) is 19.9. The number of aromatic nitrogens is 2. The Morgan fingerprint density at radius 2 is 1.94 bits per heavy atom. The molecule has 3 aromatic rings. The molecule has 1 unspecified atom stereocenters. The summed E-state index contributed by atoms with van der Waals surface area (Å²) < 4.78 is 6.86. The maximum absolute atomic E-state index is 12.8. The Hall–Kier alpha value is -3.08. The first-order valence-corrected chi connectivity index (χ1v) is 10.6. The SMILES string of the molecule is CCOC(=O)C(C)(C(C)=O)c1cc(C)c2nc(Nc3c(Cl)cccc3Cl)n(C)c2c1C#N. The first-order valence-electron chi connectivity index (χ1n) is 9.87. The van der Waals surface area contributed by atoms with Crippen LogP contribution in [0.3, 0.4) is 0 Å². The third-order valence-corrected chi connectivity index (χ3v) is 6.20. The average molecular weight is 473 g/mol. The molecule has 0 amide bonds. The molecule has 0 saturated carbocycles. The Bertz CT molecular complexity index is 1270. The second-order valence-electron chi connectivity index (χ2n) is 7.54. The molecule has 0 saturated heterocycles. The number of Topliss-reactive ketones (excluding diaryl/α,β-unsaturated/α-hetero) is 1. The Morgan fingerprint density at radius 3 is 2.47 bits per heavy atom. The van der Waals surface area contributed by atoms with E-state index in [-0.39, 0.29) is 17.7 Å². The first-order chi connectivity index (χ1) is 15.1. The molecule has 0 aliphatic rings. The van der Waals surface area contributed by atoms with E-state index < -0.39 is 17.2 Å². The number of aryl methyl sites for hydroxylation is 2. The molecule has 32 heavy (non-hydrogen) atoms. The van der Waals surface area contributed by atoms with Crippen LogP contribution >= 0.6 is 23.2 Å². The van der Waals surface area contributed by atoms with Gasteiger partial charge in [0.05, 0.1) is 38.9 Å². The van der Waals surface area contributed by atoms with Gasteiger partial charge in [-0.2, -0.15) is 5.26 Å². The fraction of sp³-hybridized carbons (Fsp3) is 0.304. The molecule has 0 aliphatic carbocycles. The maximum Gasteiger partial charge on any atom is 0.323 e. The van der Waals surface area contributed by atoms with E-state index in [2.05, 4.69) is 16.4 Å². The highest BCUT2D eigenvalue weighted by Crippen LogP contribution is 2.38. The van der Waals surface area contributed by atoms with Crippen LogP contribution in [-0.4, -0.2) is 27.9 Å². The molecule has 0 bridgehead atoms. The van der Waals surface area contributed by atoms with Gasteiger partial charge in [-0.25, -0.2) is 4.98 Å². The van der Waals surface area contributed by atoms with Gasteiger partial charge in [0.15, 0.2) is 5.78 Å². The highest BCUT2D eigenvalue weighted by molar-refractivity contribution is 6.39. The molecule has 2 aromatic carbocycles. The number of carbonyl (C=O) groups excluding carboxylic acids is 2. The van der Waals surface area contributed by atoms with Crippen LogP contribution in [0.4, 0.5) is 11.6 Å². The summed E-state index contributed by atoms with van der Waals surface area (Å²) >= 11 is 12.6. The lowest BCUT2D eigenvalue weighted by Gasteiger charge is -2.26. The molecule has 9 heteroatoms. The maximum atomic E-state index is 12.8. The highest BCUT2D eigenvalue weighted by atomic mass is 35.5. The van der Waals surface area contributed by atoms with E-state index in [1.165, 1.54) is 13.8 Å². The average Bonchev–Trinajstić information content (AvgIpc) is 3.07. The van der Waals surface area contributed by atoms with Crippen LogP contribution in [0.2, 0.25) is 10.0 Å². The largest absolute Gasteiger partial charge is 0.465 e. The summed E-state index contributed by atoms with van der Waals surface area (Å²) in [5, 5.41) is 14.0. The molecular formula is C23H22Cl2N4O3. The van der Waals surface area contributed by atoms with Crippen molar-refractivity contribution in [1.29, 1.82) is 5.26 Å². The van der Waals surface area contributed by atoms with Gasteiger partial charge in [-0.15, -0.1) is 0 Å². The van der Waals surface area contributed by atoms with E-state index in [1.807, 2.05) is 0 Å². The number of halogens is 2. The van der Waals surface area contributed by atoms with Gasteiger partial charge in [-0.05, 0) is 51.0 Å². The van der Waals surface area contributed by atoms with E-state index >= 15 is 0 Å². The standard InChI is InChI=1S/C23H22Cl2N4O3/c1-6-32-21(31)23(4,13(3)30)15-10-12(2)18-20(14(15)11-26)29(5)22(27-18)28-19-16(24)8-7-9-17(19)25/h7-10H,6H2,1-5H3,(H,27,28). The second-order valence-corrected chi connectivity index (χ2v) is 8.36. The van der Waals surface area contributed by atoms with Gasteiger partial charge in [-0.1, -0.05) is 35.3 Å². The lowest BCUT2D eigenvalue weighted by Crippen LogP contribution is -2.41. The van der Waals surface area contributed by atoms with E-state index in [4.69, 9.17) is 27.9 Å². The molecular weight excluding hydrogens is 451 g/mol. The number of carbonyl (C=O) groups is 2. The van der Waals surface area contributed by atoms with Gasteiger partial charge in [-0.3, -0.25) is 9.59 Å². The van der Waals surface area contributed by atoms with Crippen molar-refractivity contribution in [2.45, 2.75) is 33.1 Å². The summed E-state index contributed by atoms with van der Waals surface area (Å²) in [7, 11) is 1.72. The Kier molecular flexibility index (Phi) is 6.49. The van der Waals surface area contributed by atoms with Gasteiger partial charge in [0.25, 0.3) is 0 Å². The minimum atomic E-state index is -1.63. The Labute approximate surface area is 195 Å². The highest BCUT2D eigenvalue weighted by Gasteiger charge is 2.44. The quantitative estimate of drug-likeness (QED) is 0.390. The lowest BCUT2D eigenvalue weighted by atomic mass is 9.76. The molecule has 1 N–H and O–H groups in total. The zero-order valence-electron chi connectivity index (χ0n) is 18.3. The third-order valence-electron chi connectivity index (χ3n) is 5.57. The molecule has 1 heterocycles. The summed E-state index contributed by atoms with van der Waals surface area (Å²) in [5.41, 5.74) is 1.01. The third kappa shape index (κ3) is 3.70. The number of ether oxygens (including phenoxy) is 1. The summed E-state index contributed by atoms with van der Waals surface area (Å²) in [6.45, 7) is 6.37. The summed E-state index contributed by atoms with van der Waals surface area (Å²) in [6, 6.07) is 8.93. The van der Waals surface area contributed by atoms with Crippen LogP contribution in [0.15, 0.2) is 24.3 Å². The predicted octanol–water partition coefficient (Wildman–Crippen LogP) is 5.21. The van der Waals surface area contributed by atoms with Crippen molar-refractivity contribution in [3.63, 3.8) is 0 Å². The zero-order chi connectivity index (χ0) is 23.8. The topological polar surface area (TPSA) is 97.0 Å². The van der Waals surface area contributed by atoms with E-state index in [9.17, 15) is 14.9 Å². The van der Waals surface area contributed by atoms with Crippen LogP contribution in [0.5, 0.6) is 0 Å². The van der Waals surface area contributed by atoms with Gasteiger partial charge < -0.3 is 14.6 Å². The van der Waals surface area contributed by atoms with Crippen molar-refractivity contribution in [1.82, 2.24) is 9.55 Å². The molecule has 0 aliphatic heterocycles. The van der Waals surface area contributed by atoms with Crippen molar-refractivity contribution in [3.05, 3.63) is 51.0 Å². The van der Waals surface area contributed by atoms with Crippen LogP contribution in [0, 0.1) is 18.3 Å². The second kappa shape index (κ2) is 8.81. The normalized spacial score (nSPS) is 12.8. The van der Waals surface area contributed by atoms with Crippen LogP contribution in [0.1, 0.15) is 37.5 Å². The summed E-state index contributed by atoms with van der Waals surface area (Å²) in [6.07, 6.45) is 0. The molecule has 1 aromatic heterocycles. The Balaban J connectivity index is 2.30. The molecule has 3 rings (SSSR count). The van der Waals surface area contributed by atoms with Crippen molar-refractivity contribution < 1.29 is 14.3 Å². The van der Waals surface area contributed by atoms with Gasteiger partial charge >= 0.3 is 5.97 Å². The number of ketones is 1. The minimum absolute atomic E-state index is 0.114. The van der Waals surface area contributed by atoms with Crippen LogP contribution in [-0.2, 0) is 26.8 Å². The number of nitrogens with zero attached hydrogens (tertiary/aromatic N) is 3. The lowest BCUT2D eigenvalue weighted by molar-refractivity contribution is -0.152. The number of benzene rings is 2. The number of imidazole rings is 1. The Morgan fingerprint density at radius 1 is 1.31 bits per heavy atom. The molecule has 7 nitrogen and oxygen atoms in total. The van der Waals surface area contributed by atoms with E-state index in [1.54, 1.807) is 49.7 Å². The smallest absolute Gasteiger partial charge is 0.323 e. The minimum Gasteiger partial charge on any atom is -0.465 e. The first kappa shape index (κ1) is 23.6. The van der Waals surface area contributed by atoms with Crippen molar-refractivity contribution in [2.75, 3.05) is 11.9 Å². The number of nitriles is 1. The molecule has 0 fully saturated rings. The van der Waals surface area contributed by atoms with Gasteiger partial charge in [0.2, 0.25) is 5.95 Å². The fourth-order valence-corrected chi connectivity index (χ4v) is 4.10. The number of esters is 1. The molecule has 0 radical (unpaired) electrons. The van der Waals surface area contributed by atoms with Gasteiger partial charge in [0, 0.05) is 7.05 Å². The number of hydrogen-bond acceptors (Lipinski definition) is 6. The fourth-order valence-electron chi connectivity index (χ4n) is 3.61. The van der Waals surface area contributed by atoms with Crippen LogP contribution in [0.25, 0.3) is 11.0 Å². The number of rotatable bonds is 6. The number of para-hydroxylation sites is 1. The summed E-state index contributed by atoms with van der Waals surface area (Å²) in [4.78, 5) is 30.1. The number of hydrogen-bond donors (Lipinski definition) is 1. The monoisotopic (exact) mass is 472 g/mol. The molecule has 166 valence electrons. The van der Waals surface area contributed by atoms with Crippen molar-refractivity contribution >= 4 is 57.6 Å². The van der Waals surface area contributed by atoms with Crippen LogP contribution < -0.4 is 5.32 Å². The van der Waals surface area contributed by atoms with Gasteiger partial charge in [0.1, 0.15) is 11.5 Å². The van der Waals surface area contributed by atoms with E-state index in [0.717, 1.165) is 0 Å². The predicted molar refractivity (Wildman–Crippen MR) is 125 cm³/mol. The number of nitrogens with one attached hydrogen (secondary N) is 1. The van der Waals surface area contributed by atoms with Crippen molar-refractivity contribution in [2.24, 2.45) is 7.05 Å².